The van der Waals surface area contributed by atoms with Crippen molar-refractivity contribution in [2.24, 2.45) is 0 Å². The van der Waals surface area contributed by atoms with Crippen LogP contribution in [0.3, 0.4) is 0 Å². The summed E-state index contributed by atoms with van der Waals surface area (Å²) in [5, 5.41) is 0. The summed E-state index contributed by atoms with van der Waals surface area (Å²) >= 11 is 0. The summed E-state index contributed by atoms with van der Waals surface area (Å²) in [7, 11) is 0. The lowest BCUT2D eigenvalue weighted by Gasteiger charge is -2.37. The molecule has 130 valence electrons. The molecule has 3 heterocycles. The van der Waals surface area contributed by atoms with Crippen LogP contribution in [0, 0.1) is 0 Å². The van der Waals surface area contributed by atoms with E-state index in [2.05, 4.69) is 22.9 Å². The Morgan fingerprint density at radius 1 is 1.20 bits per heavy atom. The lowest BCUT2D eigenvalue weighted by atomic mass is 9.99. The zero-order valence-electron chi connectivity index (χ0n) is 14.8. The van der Waals surface area contributed by atoms with Gasteiger partial charge in [-0.15, -0.1) is 0 Å². The highest BCUT2D eigenvalue weighted by Gasteiger charge is 2.27. The fraction of sp³-hybridized carbons (Fsp3) is 0.429. The Balaban J connectivity index is 1.60. The van der Waals surface area contributed by atoms with Gasteiger partial charge in [0, 0.05) is 36.7 Å². The first-order valence-corrected chi connectivity index (χ1v) is 9.40. The monoisotopic (exact) mass is 335 g/mol. The van der Waals surface area contributed by atoms with Gasteiger partial charge in [0.25, 0.3) is 5.91 Å². The number of fused-ring (bicyclic) bond motifs is 1. The minimum absolute atomic E-state index is 0.0110. The van der Waals surface area contributed by atoms with Gasteiger partial charge in [-0.1, -0.05) is 25.1 Å². The molecule has 4 nitrogen and oxygen atoms in total. The SMILES string of the molecule is CCC1CCCCN1c1ccnc(C(=O)N2CCc3ccccc32)c1. The van der Waals surface area contributed by atoms with Gasteiger partial charge in [0.2, 0.25) is 0 Å². The van der Waals surface area contributed by atoms with Crippen LogP contribution in [-0.4, -0.2) is 30.0 Å². The van der Waals surface area contributed by atoms with Gasteiger partial charge in [0.15, 0.2) is 0 Å². The summed E-state index contributed by atoms with van der Waals surface area (Å²) in [5.74, 6) is 0.0110. The summed E-state index contributed by atoms with van der Waals surface area (Å²) in [6, 6.07) is 12.8. The molecule has 2 aliphatic rings. The van der Waals surface area contributed by atoms with Crippen LogP contribution >= 0.6 is 0 Å². The van der Waals surface area contributed by atoms with E-state index < -0.39 is 0 Å². The molecule has 0 bridgehead atoms. The summed E-state index contributed by atoms with van der Waals surface area (Å²) in [5.41, 5.74) is 3.96. The second kappa shape index (κ2) is 6.87. The number of aromatic nitrogens is 1. The lowest BCUT2D eigenvalue weighted by Crippen LogP contribution is -2.39. The Hall–Kier alpha value is -2.36. The predicted molar refractivity (Wildman–Crippen MR) is 101 cm³/mol. The Bertz CT molecular complexity index is 773. The number of carbonyl (C=O) groups excluding carboxylic acids is 1. The molecule has 25 heavy (non-hydrogen) atoms. The molecule has 0 saturated carbocycles. The summed E-state index contributed by atoms with van der Waals surface area (Å²) < 4.78 is 0. The normalized spacial score (nSPS) is 19.8. The van der Waals surface area contributed by atoms with Gasteiger partial charge in [-0.3, -0.25) is 9.78 Å². The number of rotatable bonds is 3. The zero-order valence-corrected chi connectivity index (χ0v) is 14.8. The number of piperidine rings is 1. The number of hydrogen-bond acceptors (Lipinski definition) is 3. The van der Waals surface area contributed by atoms with Crippen LogP contribution in [0.2, 0.25) is 0 Å². The predicted octanol–water partition coefficient (Wildman–Crippen LogP) is 4.05. The van der Waals surface area contributed by atoms with Crippen molar-refractivity contribution in [1.82, 2.24) is 4.98 Å². The molecule has 1 aromatic heterocycles. The van der Waals surface area contributed by atoms with Gasteiger partial charge < -0.3 is 9.80 Å². The Morgan fingerprint density at radius 3 is 2.96 bits per heavy atom. The van der Waals surface area contributed by atoms with Gasteiger partial charge >= 0.3 is 0 Å². The molecule has 1 atom stereocenters. The van der Waals surface area contributed by atoms with E-state index in [9.17, 15) is 4.79 Å². The van der Waals surface area contributed by atoms with Crippen molar-refractivity contribution in [1.29, 1.82) is 0 Å². The van der Waals surface area contributed by atoms with Crippen molar-refractivity contribution in [2.45, 2.75) is 45.1 Å². The molecular weight excluding hydrogens is 310 g/mol. The molecule has 2 aliphatic heterocycles. The summed E-state index contributed by atoms with van der Waals surface area (Å²) in [6.07, 6.45) is 7.61. The van der Waals surface area contributed by atoms with E-state index in [-0.39, 0.29) is 5.91 Å². The van der Waals surface area contributed by atoms with Crippen molar-refractivity contribution >= 4 is 17.3 Å². The topological polar surface area (TPSA) is 36.4 Å². The highest BCUT2D eigenvalue weighted by molar-refractivity contribution is 6.06. The molecular formula is C21H25N3O. The third-order valence-corrected chi connectivity index (χ3v) is 5.52. The average molecular weight is 335 g/mol. The van der Waals surface area contributed by atoms with Crippen molar-refractivity contribution < 1.29 is 4.79 Å². The van der Waals surface area contributed by atoms with E-state index in [1.807, 2.05) is 35.2 Å². The van der Waals surface area contributed by atoms with Crippen molar-refractivity contribution in [2.75, 3.05) is 22.9 Å². The first-order chi connectivity index (χ1) is 12.3. The van der Waals surface area contributed by atoms with Crippen LogP contribution < -0.4 is 9.80 Å². The molecule has 0 aliphatic carbocycles. The van der Waals surface area contributed by atoms with Gasteiger partial charge in [-0.2, -0.15) is 0 Å². The lowest BCUT2D eigenvalue weighted by molar-refractivity contribution is 0.0984. The van der Waals surface area contributed by atoms with Crippen LogP contribution in [0.5, 0.6) is 0 Å². The number of anilines is 2. The number of amides is 1. The molecule has 1 saturated heterocycles. The van der Waals surface area contributed by atoms with Crippen LogP contribution in [0.15, 0.2) is 42.6 Å². The summed E-state index contributed by atoms with van der Waals surface area (Å²) in [4.78, 5) is 21.8. The number of pyridine rings is 1. The minimum Gasteiger partial charge on any atom is -0.368 e. The van der Waals surface area contributed by atoms with E-state index in [1.54, 1.807) is 6.20 Å². The quantitative estimate of drug-likeness (QED) is 0.849. The van der Waals surface area contributed by atoms with Crippen LogP contribution in [-0.2, 0) is 6.42 Å². The van der Waals surface area contributed by atoms with Crippen LogP contribution in [0.4, 0.5) is 11.4 Å². The zero-order chi connectivity index (χ0) is 17.2. The molecule has 4 rings (SSSR count). The van der Waals surface area contributed by atoms with E-state index >= 15 is 0 Å². The van der Waals surface area contributed by atoms with Gasteiger partial charge in [0.05, 0.1) is 0 Å². The third kappa shape index (κ3) is 3.01. The molecule has 4 heteroatoms. The smallest absolute Gasteiger partial charge is 0.276 e. The van der Waals surface area contributed by atoms with Crippen molar-refractivity contribution in [3.8, 4) is 0 Å². The highest BCUT2D eigenvalue weighted by atomic mass is 16.2. The molecule has 1 fully saturated rings. The van der Waals surface area contributed by atoms with E-state index in [0.29, 0.717) is 11.7 Å². The molecule has 0 radical (unpaired) electrons. The number of carbonyl (C=O) groups is 1. The van der Waals surface area contributed by atoms with E-state index in [4.69, 9.17) is 0 Å². The fourth-order valence-electron chi connectivity index (χ4n) is 4.17. The first-order valence-electron chi connectivity index (χ1n) is 9.40. The van der Waals surface area contributed by atoms with Crippen LogP contribution in [0.1, 0.15) is 48.7 Å². The fourth-order valence-corrected chi connectivity index (χ4v) is 4.17. The molecule has 2 aromatic rings. The standard InChI is InChI=1S/C21H25N3O/c1-2-17-8-5-6-13-23(17)18-10-12-22-19(15-18)21(25)24-14-11-16-7-3-4-9-20(16)24/h3-4,7,9-10,12,15,17H,2,5-6,8,11,13-14H2,1H3. The maximum absolute atomic E-state index is 13.0. The maximum Gasteiger partial charge on any atom is 0.276 e. The Kier molecular flexibility index (Phi) is 4.43. The molecule has 1 aromatic carbocycles. The van der Waals surface area contributed by atoms with E-state index in [1.165, 1.54) is 24.8 Å². The van der Waals surface area contributed by atoms with Crippen molar-refractivity contribution in [3.05, 3.63) is 53.9 Å². The second-order valence-electron chi connectivity index (χ2n) is 6.99. The third-order valence-electron chi connectivity index (χ3n) is 5.52. The maximum atomic E-state index is 13.0. The number of para-hydroxylation sites is 1. The van der Waals surface area contributed by atoms with Crippen molar-refractivity contribution in [3.63, 3.8) is 0 Å². The molecule has 0 spiro atoms. The van der Waals surface area contributed by atoms with Gasteiger partial charge in [-0.25, -0.2) is 0 Å². The minimum atomic E-state index is 0.0110. The van der Waals surface area contributed by atoms with Gasteiger partial charge in [0.1, 0.15) is 5.69 Å². The highest BCUT2D eigenvalue weighted by Crippen LogP contribution is 2.30. The number of benzene rings is 1. The average Bonchev–Trinajstić information content (AvgIpc) is 3.11. The largest absolute Gasteiger partial charge is 0.368 e. The Morgan fingerprint density at radius 2 is 2.08 bits per heavy atom. The second-order valence-corrected chi connectivity index (χ2v) is 6.99. The molecule has 1 amide bonds. The number of nitrogens with zero attached hydrogens (tertiary/aromatic N) is 3. The first kappa shape index (κ1) is 16.1. The van der Waals surface area contributed by atoms with Gasteiger partial charge in [-0.05, 0) is 55.9 Å². The Labute approximate surface area is 149 Å². The number of hydrogen-bond donors (Lipinski definition) is 0. The van der Waals surface area contributed by atoms with Crippen LogP contribution in [0.25, 0.3) is 0 Å². The molecule has 0 N–H and O–H groups in total. The summed E-state index contributed by atoms with van der Waals surface area (Å²) in [6.45, 7) is 4.06. The van der Waals surface area contributed by atoms with E-state index in [0.717, 1.165) is 37.3 Å². The molecule has 1 unspecified atom stereocenters.